The zero-order valence-electron chi connectivity index (χ0n) is 16.7. The molecule has 0 spiro atoms. The number of fused-ring (bicyclic) bond motifs is 1. The van der Waals surface area contributed by atoms with Crippen LogP contribution in [0, 0.1) is 6.92 Å². The van der Waals surface area contributed by atoms with Crippen LogP contribution >= 0.6 is 0 Å². The molecule has 0 fully saturated rings. The van der Waals surface area contributed by atoms with Crippen LogP contribution in [0.4, 0.5) is 0 Å². The molecule has 8 nitrogen and oxygen atoms in total. The van der Waals surface area contributed by atoms with Crippen molar-refractivity contribution in [3.63, 3.8) is 0 Å². The number of carbonyl (C=O) groups excluding carboxylic acids is 1. The molecule has 0 radical (unpaired) electrons. The highest BCUT2D eigenvalue weighted by Gasteiger charge is 2.09. The van der Waals surface area contributed by atoms with E-state index in [9.17, 15) is 9.59 Å². The molecule has 4 rings (SSSR count). The molecular weight excluding hydrogens is 380 g/mol. The number of nitrogens with one attached hydrogen (secondary N) is 1. The summed E-state index contributed by atoms with van der Waals surface area (Å²) < 4.78 is 3.22. The first-order valence-corrected chi connectivity index (χ1v) is 9.72. The summed E-state index contributed by atoms with van der Waals surface area (Å²) in [5, 5.41) is 7.63. The molecule has 0 aliphatic carbocycles. The van der Waals surface area contributed by atoms with Crippen molar-refractivity contribution in [2.24, 2.45) is 0 Å². The van der Waals surface area contributed by atoms with Gasteiger partial charge in [0.05, 0.1) is 23.8 Å². The molecule has 0 saturated heterocycles. The highest BCUT2D eigenvalue weighted by molar-refractivity contribution is 5.80. The lowest BCUT2D eigenvalue weighted by Gasteiger charge is -2.11. The van der Waals surface area contributed by atoms with Gasteiger partial charge in [0, 0.05) is 19.5 Å². The van der Waals surface area contributed by atoms with Crippen LogP contribution in [0.25, 0.3) is 10.9 Å². The van der Waals surface area contributed by atoms with Crippen LogP contribution in [0.15, 0.2) is 66.2 Å². The van der Waals surface area contributed by atoms with Gasteiger partial charge in [0.15, 0.2) is 0 Å². The number of nitrogens with zero attached hydrogens (tertiary/aromatic N) is 5. The molecule has 152 valence electrons. The maximum absolute atomic E-state index is 12.6. The van der Waals surface area contributed by atoms with E-state index in [1.807, 2.05) is 43.3 Å². The number of aromatic nitrogens is 5. The minimum Gasteiger partial charge on any atom is -0.352 e. The van der Waals surface area contributed by atoms with Gasteiger partial charge in [-0.25, -0.2) is 14.6 Å². The van der Waals surface area contributed by atoms with E-state index >= 15 is 0 Å². The van der Waals surface area contributed by atoms with Crippen LogP contribution in [0.5, 0.6) is 0 Å². The van der Waals surface area contributed by atoms with Gasteiger partial charge < -0.3 is 5.32 Å². The lowest BCUT2D eigenvalue weighted by molar-refractivity contribution is -0.121. The van der Waals surface area contributed by atoms with Crippen molar-refractivity contribution >= 4 is 16.8 Å². The van der Waals surface area contributed by atoms with Gasteiger partial charge in [-0.3, -0.25) is 14.2 Å². The monoisotopic (exact) mass is 402 g/mol. The molecular formula is C22H22N6O2. The van der Waals surface area contributed by atoms with Crippen LogP contribution in [-0.2, 0) is 24.4 Å². The first kappa shape index (κ1) is 19.5. The van der Waals surface area contributed by atoms with Crippen LogP contribution in [0.3, 0.4) is 0 Å². The molecule has 2 aromatic heterocycles. The van der Waals surface area contributed by atoms with E-state index < -0.39 is 0 Å². The van der Waals surface area contributed by atoms with Gasteiger partial charge in [-0.2, -0.15) is 5.10 Å². The number of hydrogen-bond acceptors (Lipinski definition) is 5. The smallest absolute Gasteiger partial charge is 0.261 e. The van der Waals surface area contributed by atoms with Gasteiger partial charge in [-0.15, -0.1) is 0 Å². The van der Waals surface area contributed by atoms with Gasteiger partial charge >= 0.3 is 0 Å². The third-order valence-corrected chi connectivity index (χ3v) is 5.03. The van der Waals surface area contributed by atoms with Crippen LogP contribution in [0.1, 0.15) is 23.1 Å². The molecule has 0 atom stereocenters. The Kier molecular flexibility index (Phi) is 5.65. The quantitative estimate of drug-likeness (QED) is 0.511. The fourth-order valence-corrected chi connectivity index (χ4v) is 3.37. The Labute approximate surface area is 173 Å². The third-order valence-electron chi connectivity index (χ3n) is 5.03. The predicted molar refractivity (Wildman–Crippen MR) is 113 cm³/mol. The average Bonchev–Trinajstić information content (AvgIpc) is 3.26. The number of amides is 1. The van der Waals surface area contributed by atoms with Crippen LogP contribution in [0.2, 0.25) is 0 Å². The molecule has 4 aromatic rings. The second kappa shape index (κ2) is 8.69. The third kappa shape index (κ3) is 4.27. The summed E-state index contributed by atoms with van der Waals surface area (Å²) in [6.07, 6.45) is 4.87. The minimum atomic E-state index is -0.130. The molecule has 8 heteroatoms. The lowest BCUT2D eigenvalue weighted by Crippen LogP contribution is -2.27. The Balaban J connectivity index is 1.38. The van der Waals surface area contributed by atoms with Crippen molar-refractivity contribution in [2.75, 3.05) is 0 Å². The summed E-state index contributed by atoms with van der Waals surface area (Å²) in [7, 11) is 0. The highest BCUT2D eigenvalue weighted by atomic mass is 16.1. The van der Waals surface area contributed by atoms with Crippen molar-refractivity contribution < 1.29 is 4.79 Å². The average molecular weight is 402 g/mol. The Morgan fingerprint density at radius 3 is 2.70 bits per heavy atom. The number of benzene rings is 2. The predicted octanol–water partition coefficient (Wildman–Crippen LogP) is 2.05. The van der Waals surface area contributed by atoms with Crippen molar-refractivity contribution in [3.8, 4) is 0 Å². The molecule has 1 N–H and O–H groups in total. The Hall–Kier alpha value is -3.81. The normalized spacial score (nSPS) is 11.0. The molecule has 1 amide bonds. The van der Waals surface area contributed by atoms with Gasteiger partial charge in [-0.05, 0) is 29.7 Å². The second-order valence-corrected chi connectivity index (χ2v) is 7.10. The first-order chi connectivity index (χ1) is 14.6. The van der Waals surface area contributed by atoms with E-state index in [2.05, 4.69) is 20.4 Å². The van der Waals surface area contributed by atoms with Gasteiger partial charge in [-0.1, -0.05) is 36.4 Å². The SMILES string of the molecule is Cc1cccc2c(=O)n(CCC(=O)NCc3ccccc3Cn3cncn3)cnc12. The minimum absolute atomic E-state index is 0.123. The van der Waals surface area contributed by atoms with Crippen molar-refractivity contribution in [2.45, 2.75) is 33.0 Å². The molecule has 0 aliphatic heterocycles. The van der Waals surface area contributed by atoms with Crippen LogP contribution < -0.4 is 10.9 Å². The zero-order chi connectivity index (χ0) is 20.9. The van der Waals surface area contributed by atoms with Gasteiger partial charge in [0.1, 0.15) is 12.7 Å². The highest BCUT2D eigenvalue weighted by Crippen LogP contribution is 2.12. The summed E-state index contributed by atoms with van der Waals surface area (Å²) in [4.78, 5) is 33.4. The summed E-state index contributed by atoms with van der Waals surface area (Å²) in [6, 6.07) is 13.4. The van der Waals surface area contributed by atoms with Crippen molar-refractivity contribution in [1.82, 2.24) is 29.6 Å². The number of rotatable bonds is 7. The van der Waals surface area contributed by atoms with Crippen LogP contribution in [-0.4, -0.2) is 30.2 Å². The number of carbonyl (C=O) groups is 1. The van der Waals surface area contributed by atoms with Crippen molar-refractivity contribution in [1.29, 1.82) is 0 Å². The fourth-order valence-electron chi connectivity index (χ4n) is 3.37. The van der Waals surface area contributed by atoms with E-state index in [-0.39, 0.29) is 24.4 Å². The zero-order valence-corrected chi connectivity index (χ0v) is 16.7. The van der Waals surface area contributed by atoms with Gasteiger partial charge in [0.25, 0.3) is 5.56 Å². The lowest BCUT2D eigenvalue weighted by atomic mass is 10.1. The fraction of sp³-hybridized carbons (Fsp3) is 0.227. The standard InChI is InChI=1S/C22H22N6O2/c1-16-5-4-8-19-21(16)25-15-27(22(19)30)10-9-20(29)24-11-17-6-2-3-7-18(17)12-28-14-23-13-26-28/h2-8,13-15H,9-12H2,1H3,(H,24,29). The molecule has 0 bridgehead atoms. The molecule has 0 saturated carbocycles. The summed E-state index contributed by atoms with van der Waals surface area (Å²) >= 11 is 0. The summed E-state index contributed by atoms with van der Waals surface area (Å²) in [5.74, 6) is -0.123. The van der Waals surface area contributed by atoms with E-state index in [0.717, 1.165) is 16.7 Å². The Morgan fingerprint density at radius 2 is 1.90 bits per heavy atom. The molecule has 30 heavy (non-hydrogen) atoms. The maximum Gasteiger partial charge on any atom is 0.261 e. The molecule has 0 aliphatic rings. The summed E-state index contributed by atoms with van der Waals surface area (Å²) in [5.41, 5.74) is 3.61. The van der Waals surface area contributed by atoms with Crippen molar-refractivity contribution in [3.05, 3.63) is 88.5 Å². The van der Waals surface area contributed by atoms with Gasteiger partial charge in [0.2, 0.25) is 5.91 Å². The Bertz CT molecular complexity index is 1230. The Morgan fingerprint density at radius 1 is 1.07 bits per heavy atom. The maximum atomic E-state index is 12.6. The number of para-hydroxylation sites is 1. The molecule has 2 aromatic carbocycles. The summed E-state index contributed by atoms with van der Waals surface area (Å²) in [6.45, 7) is 3.20. The first-order valence-electron chi connectivity index (χ1n) is 9.72. The topological polar surface area (TPSA) is 94.7 Å². The van der Waals surface area contributed by atoms with E-state index in [4.69, 9.17) is 0 Å². The van der Waals surface area contributed by atoms with E-state index in [1.54, 1.807) is 17.1 Å². The van der Waals surface area contributed by atoms with E-state index in [1.165, 1.54) is 17.2 Å². The largest absolute Gasteiger partial charge is 0.352 e. The number of hydrogen-bond donors (Lipinski definition) is 1. The molecule has 2 heterocycles. The second-order valence-electron chi connectivity index (χ2n) is 7.10. The molecule has 0 unspecified atom stereocenters. The number of aryl methyl sites for hydroxylation is 2. The van der Waals surface area contributed by atoms with E-state index in [0.29, 0.717) is 24.0 Å².